The Kier molecular flexibility index (Phi) is 3.45. The first-order valence-corrected chi connectivity index (χ1v) is 5.80. The quantitative estimate of drug-likeness (QED) is 0.878. The minimum Gasteiger partial charge on any atom is -0.389 e. The average molecular weight is 242 g/mol. The molecule has 2 rings (SSSR count). The smallest absolute Gasteiger partial charge is 0.129 e. The summed E-state index contributed by atoms with van der Waals surface area (Å²) in [7, 11) is 0. The van der Waals surface area contributed by atoms with E-state index in [1.807, 2.05) is 6.92 Å². The van der Waals surface area contributed by atoms with E-state index >= 15 is 0 Å². The van der Waals surface area contributed by atoms with Crippen LogP contribution in [0.2, 0.25) is 0 Å². The van der Waals surface area contributed by atoms with E-state index in [1.165, 1.54) is 12.1 Å². The number of aliphatic hydroxyl groups is 1. The molecule has 0 heterocycles. The zero-order valence-electron chi connectivity index (χ0n) is 9.75. The number of hydrogen-bond acceptors (Lipinski definition) is 2. The molecule has 0 saturated heterocycles. The first-order chi connectivity index (χ1) is 8.02. The summed E-state index contributed by atoms with van der Waals surface area (Å²) in [6.45, 7) is 2.52. The van der Waals surface area contributed by atoms with E-state index < -0.39 is 17.2 Å². The molecule has 0 aromatic heterocycles. The molecule has 1 aliphatic carbocycles. The molecule has 17 heavy (non-hydrogen) atoms. The van der Waals surface area contributed by atoms with Crippen molar-refractivity contribution in [3.63, 3.8) is 0 Å². The van der Waals surface area contributed by atoms with Crippen LogP contribution in [0.15, 0.2) is 18.2 Å². The molecule has 0 spiro atoms. The van der Waals surface area contributed by atoms with Crippen LogP contribution in [0.5, 0.6) is 0 Å². The Morgan fingerprint density at radius 2 is 2.12 bits per heavy atom. The molecule has 2 nitrogen and oxygen atoms in total. The highest BCUT2D eigenvalue weighted by Gasteiger charge is 2.43. The summed E-state index contributed by atoms with van der Waals surface area (Å²) in [5.41, 5.74) is -0.553. The molecular weight excluding hydrogens is 226 g/mol. The van der Waals surface area contributed by atoms with Crippen molar-refractivity contribution in [3.05, 3.63) is 35.4 Å². The summed E-state index contributed by atoms with van der Waals surface area (Å²) in [5, 5.41) is 10.1. The highest BCUT2D eigenvalue weighted by Crippen LogP contribution is 2.37. The fourth-order valence-electron chi connectivity index (χ4n) is 2.31. The number of rotatable bonds is 4. The van der Waals surface area contributed by atoms with Gasteiger partial charge in [-0.1, -0.05) is 6.07 Å². The molecule has 4 heteroatoms. The summed E-state index contributed by atoms with van der Waals surface area (Å²) < 4.78 is 31.5. The van der Waals surface area contributed by atoms with Crippen LogP contribution in [0.25, 0.3) is 0 Å². The van der Waals surface area contributed by atoms with Gasteiger partial charge in [0.15, 0.2) is 0 Å². The Hall–Kier alpha value is -1.00. The molecule has 1 fully saturated rings. The Balaban J connectivity index is 1.98. The van der Waals surface area contributed by atoms with Crippen LogP contribution < -0.4 is 0 Å². The van der Waals surface area contributed by atoms with Gasteiger partial charge < -0.3 is 9.84 Å². The summed E-state index contributed by atoms with van der Waals surface area (Å²) in [6.07, 6.45) is 1.30. The molecular formula is C13H16F2O2. The van der Waals surface area contributed by atoms with Gasteiger partial charge in [0.2, 0.25) is 0 Å². The van der Waals surface area contributed by atoms with Crippen molar-refractivity contribution in [2.75, 3.05) is 6.61 Å². The van der Waals surface area contributed by atoms with Gasteiger partial charge in [0.05, 0.1) is 11.7 Å². The molecule has 0 unspecified atom stereocenters. The van der Waals surface area contributed by atoms with Crippen LogP contribution in [0, 0.1) is 11.6 Å². The van der Waals surface area contributed by atoms with Crippen molar-refractivity contribution in [2.24, 2.45) is 0 Å². The normalized spacial score (nSPS) is 27.9. The second-order valence-electron chi connectivity index (χ2n) is 4.62. The van der Waals surface area contributed by atoms with E-state index in [0.717, 1.165) is 6.07 Å². The van der Waals surface area contributed by atoms with Crippen molar-refractivity contribution < 1.29 is 18.6 Å². The number of hydrogen-bond donors (Lipinski definition) is 1. The molecule has 0 atom stereocenters. The molecule has 94 valence electrons. The molecule has 1 N–H and O–H groups in total. The fraction of sp³-hybridized carbons (Fsp3) is 0.538. The van der Waals surface area contributed by atoms with Gasteiger partial charge in [-0.15, -0.1) is 0 Å². The third-order valence-electron chi connectivity index (χ3n) is 3.15. The number of benzene rings is 1. The van der Waals surface area contributed by atoms with Gasteiger partial charge in [-0.3, -0.25) is 0 Å². The predicted molar refractivity (Wildman–Crippen MR) is 59.7 cm³/mol. The van der Waals surface area contributed by atoms with E-state index in [2.05, 4.69) is 0 Å². The number of halogens is 2. The standard InChI is InChI=1S/C13H16F2O2/c1-2-17-11-7-13(16,8-11)6-9-3-4-10(14)5-12(9)15/h3-5,11,16H,2,6-8H2,1H3. The van der Waals surface area contributed by atoms with E-state index in [1.54, 1.807) is 0 Å². The third-order valence-corrected chi connectivity index (χ3v) is 3.15. The van der Waals surface area contributed by atoms with E-state index in [-0.39, 0.29) is 12.5 Å². The molecule has 1 saturated carbocycles. The topological polar surface area (TPSA) is 29.5 Å². The number of ether oxygens (including phenoxy) is 1. The van der Waals surface area contributed by atoms with Crippen LogP contribution in [0.3, 0.4) is 0 Å². The molecule has 0 amide bonds. The zero-order chi connectivity index (χ0) is 12.5. The largest absolute Gasteiger partial charge is 0.389 e. The van der Waals surface area contributed by atoms with Gasteiger partial charge >= 0.3 is 0 Å². The van der Waals surface area contributed by atoms with Gasteiger partial charge in [-0.25, -0.2) is 8.78 Å². The minimum absolute atomic E-state index is 0.0634. The maximum Gasteiger partial charge on any atom is 0.129 e. The monoisotopic (exact) mass is 242 g/mol. The van der Waals surface area contributed by atoms with Crippen LogP contribution in [-0.2, 0) is 11.2 Å². The lowest BCUT2D eigenvalue weighted by Crippen LogP contribution is -2.50. The van der Waals surface area contributed by atoms with Gasteiger partial charge in [0.25, 0.3) is 0 Å². The molecule has 1 aliphatic rings. The minimum atomic E-state index is -0.904. The molecule has 1 aromatic rings. The van der Waals surface area contributed by atoms with Crippen LogP contribution in [0.1, 0.15) is 25.3 Å². The SMILES string of the molecule is CCOC1CC(O)(Cc2ccc(F)cc2F)C1. The van der Waals surface area contributed by atoms with Crippen LogP contribution in [-0.4, -0.2) is 23.4 Å². The first-order valence-electron chi connectivity index (χ1n) is 5.80. The lowest BCUT2D eigenvalue weighted by Gasteiger charge is -2.43. The average Bonchev–Trinajstić information content (AvgIpc) is 2.21. The third kappa shape index (κ3) is 2.82. The van der Waals surface area contributed by atoms with Gasteiger partial charge in [0, 0.05) is 31.9 Å². The maximum absolute atomic E-state index is 13.4. The summed E-state index contributed by atoms with van der Waals surface area (Å²) in [6, 6.07) is 3.44. The molecule has 0 radical (unpaired) electrons. The van der Waals surface area contributed by atoms with Gasteiger partial charge in [-0.05, 0) is 18.6 Å². The van der Waals surface area contributed by atoms with Crippen molar-refractivity contribution in [1.29, 1.82) is 0 Å². The van der Waals surface area contributed by atoms with E-state index in [0.29, 0.717) is 25.0 Å². The van der Waals surface area contributed by atoms with Crippen molar-refractivity contribution in [2.45, 2.75) is 37.9 Å². The van der Waals surface area contributed by atoms with Crippen molar-refractivity contribution in [3.8, 4) is 0 Å². The lowest BCUT2D eigenvalue weighted by molar-refractivity contribution is -0.136. The zero-order valence-corrected chi connectivity index (χ0v) is 9.75. The maximum atomic E-state index is 13.4. The van der Waals surface area contributed by atoms with E-state index in [4.69, 9.17) is 4.74 Å². The lowest BCUT2D eigenvalue weighted by atomic mass is 9.73. The molecule has 0 bridgehead atoms. The Morgan fingerprint density at radius 3 is 2.71 bits per heavy atom. The highest BCUT2D eigenvalue weighted by atomic mass is 19.1. The Labute approximate surface area is 99.2 Å². The van der Waals surface area contributed by atoms with Crippen LogP contribution in [0.4, 0.5) is 8.78 Å². The summed E-state index contributed by atoms with van der Waals surface area (Å²) in [4.78, 5) is 0. The summed E-state index contributed by atoms with van der Waals surface area (Å²) >= 11 is 0. The molecule has 0 aliphatic heterocycles. The Morgan fingerprint density at radius 1 is 1.41 bits per heavy atom. The van der Waals surface area contributed by atoms with E-state index in [9.17, 15) is 13.9 Å². The fourth-order valence-corrected chi connectivity index (χ4v) is 2.31. The van der Waals surface area contributed by atoms with Gasteiger partial charge in [0.1, 0.15) is 11.6 Å². The summed E-state index contributed by atoms with van der Waals surface area (Å²) in [5.74, 6) is -1.20. The predicted octanol–water partition coefficient (Wildman–Crippen LogP) is 2.44. The highest BCUT2D eigenvalue weighted by molar-refractivity contribution is 5.21. The van der Waals surface area contributed by atoms with Gasteiger partial charge in [-0.2, -0.15) is 0 Å². The Bertz CT molecular complexity index is 400. The second kappa shape index (κ2) is 4.70. The molecule has 1 aromatic carbocycles. The van der Waals surface area contributed by atoms with Crippen molar-refractivity contribution in [1.82, 2.24) is 0 Å². The second-order valence-corrected chi connectivity index (χ2v) is 4.62. The van der Waals surface area contributed by atoms with Crippen molar-refractivity contribution >= 4 is 0 Å². The van der Waals surface area contributed by atoms with Crippen LogP contribution >= 0.6 is 0 Å². The first kappa shape index (κ1) is 12.5.